The smallest absolute Gasteiger partial charge is 0.0464 e. The topological polar surface area (TPSA) is 38.4 Å². The van der Waals surface area contributed by atoms with Crippen molar-refractivity contribution in [3.63, 3.8) is 0 Å². The van der Waals surface area contributed by atoms with Crippen LogP contribution in [0.15, 0.2) is 63.0 Å². The van der Waals surface area contributed by atoms with Gasteiger partial charge in [-0.25, -0.2) is 0 Å². The zero-order valence-corrected chi connectivity index (χ0v) is 19.2. The molecule has 0 aliphatic heterocycles. The van der Waals surface area contributed by atoms with Crippen LogP contribution in [0.3, 0.4) is 0 Å². The second-order valence-electron chi connectivity index (χ2n) is 7.36. The van der Waals surface area contributed by atoms with Crippen LogP contribution in [0.25, 0.3) is 0 Å². The first-order valence-electron chi connectivity index (χ1n) is 10.4. The van der Waals surface area contributed by atoms with Crippen molar-refractivity contribution in [2.24, 2.45) is 10.7 Å². The van der Waals surface area contributed by atoms with Gasteiger partial charge in [-0.15, -0.1) is 6.42 Å². The number of hydrogen-bond donors (Lipinski definition) is 1. The molecule has 2 nitrogen and oxygen atoms in total. The SMILES string of the molecule is C#C/C(C)=C/C(C)=C(CC)/C(C)=C(CCCCCC)/C(C(/C)=N\C=C)=C(/C)N. The van der Waals surface area contributed by atoms with Gasteiger partial charge in [-0.3, -0.25) is 4.99 Å². The average molecular weight is 381 g/mol. The molecular formula is C26H40N2. The Morgan fingerprint density at radius 3 is 2.14 bits per heavy atom. The summed E-state index contributed by atoms with van der Waals surface area (Å²) in [5.74, 6) is 2.72. The molecule has 0 radical (unpaired) electrons. The highest BCUT2D eigenvalue weighted by molar-refractivity contribution is 6.03. The van der Waals surface area contributed by atoms with Crippen LogP contribution in [-0.4, -0.2) is 5.71 Å². The Labute approximate surface area is 174 Å². The molecule has 0 saturated carbocycles. The van der Waals surface area contributed by atoms with Crippen LogP contribution in [0.2, 0.25) is 0 Å². The summed E-state index contributed by atoms with van der Waals surface area (Å²) in [5, 5.41) is 0. The molecule has 0 heterocycles. The van der Waals surface area contributed by atoms with Gasteiger partial charge in [0.1, 0.15) is 0 Å². The van der Waals surface area contributed by atoms with Crippen molar-refractivity contribution in [1.82, 2.24) is 0 Å². The van der Waals surface area contributed by atoms with E-state index in [2.05, 4.69) is 51.3 Å². The summed E-state index contributed by atoms with van der Waals surface area (Å²) < 4.78 is 0. The third-order valence-electron chi connectivity index (χ3n) is 5.02. The number of allylic oxidation sites excluding steroid dienone is 8. The van der Waals surface area contributed by atoms with Gasteiger partial charge in [0.15, 0.2) is 0 Å². The van der Waals surface area contributed by atoms with Crippen LogP contribution in [0.4, 0.5) is 0 Å². The molecule has 0 aliphatic rings. The molecule has 0 aromatic heterocycles. The summed E-state index contributed by atoms with van der Waals surface area (Å²) in [6, 6.07) is 0. The molecular weight excluding hydrogens is 340 g/mol. The molecule has 0 atom stereocenters. The highest BCUT2D eigenvalue weighted by Crippen LogP contribution is 2.31. The summed E-state index contributed by atoms with van der Waals surface area (Å²) in [5.41, 5.74) is 15.2. The van der Waals surface area contributed by atoms with Gasteiger partial charge in [0, 0.05) is 23.2 Å². The first-order valence-corrected chi connectivity index (χ1v) is 10.4. The van der Waals surface area contributed by atoms with Crippen molar-refractivity contribution in [3.8, 4) is 12.3 Å². The maximum atomic E-state index is 6.33. The zero-order valence-electron chi connectivity index (χ0n) is 19.2. The van der Waals surface area contributed by atoms with E-state index in [4.69, 9.17) is 12.2 Å². The molecule has 2 N–H and O–H groups in total. The van der Waals surface area contributed by atoms with E-state index in [0.717, 1.165) is 41.8 Å². The maximum absolute atomic E-state index is 6.33. The standard InChI is InChI=1S/C26H40N2/c1-10-14-15-16-17-25(26(22(8)27)23(9)28-13-4)21(7)24(12-3)20(6)18-19(5)11-2/h2,13,18H,4,10,12,14-17,27H2,1,3,5-9H3/b19-18+,24-20+,25-21+,26-22-,28-23-. The molecule has 0 rings (SSSR count). The summed E-state index contributed by atoms with van der Waals surface area (Å²) in [6.45, 7) is 18.5. The van der Waals surface area contributed by atoms with Gasteiger partial charge in [-0.1, -0.05) is 45.6 Å². The normalized spacial score (nSPS) is 15.4. The summed E-state index contributed by atoms with van der Waals surface area (Å²) >= 11 is 0. The van der Waals surface area contributed by atoms with Gasteiger partial charge in [0.25, 0.3) is 0 Å². The minimum atomic E-state index is 0.802. The van der Waals surface area contributed by atoms with Crippen LogP contribution < -0.4 is 5.73 Å². The second kappa shape index (κ2) is 13.8. The van der Waals surface area contributed by atoms with Crippen molar-refractivity contribution in [3.05, 3.63) is 58.0 Å². The largest absolute Gasteiger partial charge is 0.402 e. The van der Waals surface area contributed by atoms with Gasteiger partial charge >= 0.3 is 0 Å². The number of nitrogens with two attached hydrogens (primary N) is 1. The van der Waals surface area contributed by atoms with Crippen molar-refractivity contribution in [2.45, 2.75) is 87.0 Å². The molecule has 154 valence electrons. The summed E-state index contributed by atoms with van der Waals surface area (Å²) in [6.07, 6.45) is 16.0. The van der Waals surface area contributed by atoms with Crippen LogP contribution in [0.1, 0.15) is 87.0 Å². The highest BCUT2D eigenvalue weighted by atomic mass is 14.7. The van der Waals surface area contributed by atoms with E-state index in [9.17, 15) is 0 Å². The molecule has 0 aliphatic carbocycles. The van der Waals surface area contributed by atoms with Gasteiger partial charge in [0.05, 0.1) is 0 Å². The van der Waals surface area contributed by atoms with Gasteiger partial charge in [0.2, 0.25) is 0 Å². The predicted molar refractivity (Wildman–Crippen MR) is 127 cm³/mol. The molecule has 0 unspecified atom stereocenters. The van der Waals surface area contributed by atoms with E-state index in [1.807, 2.05) is 20.8 Å². The molecule has 0 aromatic rings. The number of nitrogens with zero attached hydrogens (tertiary/aromatic N) is 1. The van der Waals surface area contributed by atoms with Gasteiger partial charge in [-0.05, 0) is 87.8 Å². The summed E-state index contributed by atoms with van der Waals surface area (Å²) in [7, 11) is 0. The highest BCUT2D eigenvalue weighted by Gasteiger charge is 2.16. The first-order chi connectivity index (χ1) is 13.2. The quantitative estimate of drug-likeness (QED) is 0.172. The zero-order chi connectivity index (χ0) is 21.7. The van der Waals surface area contributed by atoms with E-state index >= 15 is 0 Å². The molecule has 2 heteroatoms. The molecule has 0 amide bonds. The lowest BCUT2D eigenvalue weighted by Gasteiger charge is -2.20. The first kappa shape index (κ1) is 25.7. The third kappa shape index (κ3) is 8.17. The minimum Gasteiger partial charge on any atom is -0.402 e. The van der Waals surface area contributed by atoms with Crippen molar-refractivity contribution < 1.29 is 0 Å². The monoisotopic (exact) mass is 380 g/mol. The fourth-order valence-corrected chi connectivity index (χ4v) is 3.65. The molecule has 0 spiro atoms. The number of unbranched alkanes of at least 4 members (excludes halogenated alkanes) is 3. The van der Waals surface area contributed by atoms with Crippen LogP contribution in [0, 0.1) is 12.3 Å². The maximum Gasteiger partial charge on any atom is 0.0464 e. The van der Waals surface area contributed by atoms with E-state index in [0.29, 0.717) is 0 Å². The lowest BCUT2D eigenvalue weighted by atomic mass is 9.86. The Morgan fingerprint density at radius 2 is 1.68 bits per heavy atom. The Balaban J connectivity index is 6.58. The molecule has 0 fully saturated rings. The van der Waals surface area contributed by atoms with Crippen molar-refractivity contribution in [2.75, 3.05) is 0 Å². The number of rotatable bonds is 11. The molecule has 28 heavy (non-hydrogen) atoms. The van der Waals surface area contributed by atoms with Crippen molar-refractivity contribution in [1.29, 1.82) is 0 Å². The lowest BCUT2D eigenvalue weighted by Crippen LogP contribution is -2.11. The van der Waals surface area contributed by atoms with E-state index < -0.39 is 0 Å². The minimum absolute atomic E-state index is 0.802. The molecule has 0 bridgehead atoms. The van der Waals surface area contributed by atoms with Gasteiger partial charge < -0.3 is 5.73 Å². The number of terminal acetylenes is 1. The fourth-order valence-electron chi connectivity index (χ4n) is 3.65. The van der Waals surface area contributed by atoms with Crippen LogP contribution in [-0.2, 0) is 0 Å². The average Bonchev–Trinajstić information content (AvgIpc) is 2.64. The molecule has 0 saturated heterocycles. The lowest BCUT2D eigenvalue weighted by molar-refractivity contribution is 0.665. The number of hydrogen-bond acceptors (Lipinski definition) is 2. The molecule has 0 aromatic carbocycles. The Morgan fingerprint density at radius 1 is 1.04 bits per heavy atom. The predicted octanol–water partition coefficient (Wildman–Crippen LogP) is 7.42. The Hall–Kier alpha value is -2.27. The van der Waals surface area contributed by atoms with E-state index in [1.165, 1.54) is 41.6 Å². The van der Waals surface area contributed by atoms with Crippen LogP contribution in [0.5, 0.6) is 0 Å². The van der Waals surface area contributed by atoms with E-state index in [-0.39, 0.29) is 0 Å². The third-order valence-corrected chi connectivity index (χ3v) is 5.02. The van der Waals surface area contributed by atoms with Crippen LogP contribution >= 0.6 is 0 Å². The fraction of sp³-hybridized carbons (Fsp3) is 0.500. The Kier molecular flexibility index (Phi) is 12.7. The second-order valence-corrected chi connectivity index (χ2v) is 7.36. The van der Waals surface area contributed by atoms with Gasteiger partial charge in [-0.2, -0.15) is 0 Å². The Bertz CT molecular complexity index is 727. The van der Waals surface area contributed by atoms with Crippen molar-refractivity contribution >= 4 is 5.71 Å². The summed E-state index contributed by atoms with van der Waals surface area (Å²) in [4.78, 5) is 4.44. The van der Waals surface area contributed by atoms with E-state index in [1.54, 1.807) is 6.20 Å². The number of aliphatic imine (C=N–C) groups is 1.